The predicted molar refractivity (Wildman–Crippen MR) is 123 cm³/mol. The molecule has 1 amide bonds. The van der Waals surface area contributed by atoms with Crippen LogP contribution in [0.1, 0.15) is 32.4 Å². The van der Waals surface area contributed by atoms with Crippen molar-refractivity contribution >= 4 is 27.6 Å². The highest BCUT2D eigenvalue weighted by Crippen LogP contribution is 2.29. The molecule has 10 nitrogen and oxygen atoms in total. The van der Waals surface area contributed by atoms with E-state index < -0.39 is 10.0 Å². The molecule has 0 unspecified atom stereocenters. The molecule has 1 aliphatic rings. The van der Waals surface area contributed by atoms with Crippen LogP contribution in [0, 0.1) is 0 Å². The third kappa shape index (κ3) is 6.22. The Morgan fingerprint density at radius 3 is 2.58 bits per heavy atom. The van der Waals surface area contributed by atoms with Crippen molar-refractivity contribution < 1.29 is 17.9 Å². The molecule has 172 valence electrons. The largest absolute Gasteiger partial charge is 0.474 e. The van der Waals surface area contributed by atoms with Gasteiger partial charge in [-0.2, -0.15) is 0 Å². The highest BCUT2D eigenvalue weighted by atomic mass is 32.2. The normalized spacial score (nSPS) is 13.5. The van der Waals surface area contributed by atoms with Gasteiger partial charge in [0.25, 0.3) is 0 Å². The van der Waals surface area contributed by atoms with Gasteiger partial charge in [-0.1, -0.05) is 12.1 Å². The number of nitrogens with one attached hydrogen (secondary N) is 2. The van der Waals surface area contributed by atoms with Gasteiger partial charge in [0.05, 0.1) is 41.6 Å². The van der Waals surface area contributed by atoms with Gasteiger partial charge in [0.2, 0.25) is 27.8 Å². The van der Waals surface area contributed by atoms with E-state index in [2.05, 4.69) is 30.0 Å². The molecule has 0 atom stereocenters. The smallest absolute Gasteiger partial charge is 0.237 e. The predicted octanol–water partition coefficient (Wildman–Crippen LogP) is 2.81. The number of hydrogen-bond donors (Lipinski definition) is 2. The minimum atomic E-state index is -3.46. The Morgan fingerprint density at radius 2 is 1.88 bits per heavy atom. The maximum atomic E-state index is 12.4. The van der Waals surface area contributed by atoms with Gasteiger partial charge in [-0.25, -0.2) is 23.4 Å². The van der Waals surface area contributed by atoms with E-state index in [-0.39, 0.29) is 29.6 Å². The number of anilines is 2. The molecule has 1 aromatic carbocycles. The fraction of sp³-hybridized carbons (Fsp3) is 0.318. The SMILES string of the molecule is CC(C)Oc1cncc(-c2ccc(NC(=O)Cc3ccnc(NS(=O)(=O)C4CC4)n3)cc2)n1. The highest BCUT2D eigenvalue weighted by molar-refractivity contribution is 7.93. The molecule has 4 rings (SSSR count). The maximum Gasteiger partial charge on any atom is 0.237 e. The van der Waals surface area contributed by atoms with Crippen molar-refractivity contribution in [3.05, 3.63) is 54.6 Å². The average molecular weight is 469 g/mol. The number of rotatable bonds is 9. The summed E-state index contributed by atoms with van der Waals surface area (Å²) >= 11 is 0. The summed E-state index contributed by atoms with van der Waals surface area (Å²) < 4.78 is 32.1. The number of amides is 1. The van der Waals surface area contributed by atoms with Gasteiger partial charge < -0.3 is 10.1 Å². The Bertz CT molecular complexity index is 1240. The van der Waals surface area contributed by atoms with Crippen molar-refractivity contribution in [1.82, 2.24) is 19.9 Å². The number of benzene rings is 1. The van der Waals surface area contributed by atoms with E-state index in [1.165, 1.54) is 6.20 Å². The van der Waals surface area contributed by atoms with Crippen LogP contribution >= 0.6 is 0 Å². The van der Waals surface area contributed by atoms with E-state index in [0.29, 0.717) is 35.8 Å². The second-order valence-corrected chi connectivity index (χ2v) is 9.89. The fourth-order valence-electron chi connectivity index (χ4n) is 3.01. The van der Waals surface area contributed by atoms with E-state index >= 15 is 0 Å². The Kier molecular flexibility index (Phi) is 6.50. The maximum absolute atomic E-state index is 12.4. The topological polar surface area (TPSA) is 136 Å². The van der Waals surface area contributed by atoms with Crippen molar-refractivity contribution in [3.8, 4) is 17.1 Å². The molecule has 2 aromatic heterocycles. The summed E-state index contributed by atoms with van der Waals surface area (Å²) in [5.41, 5.74) is 2.51. The molecule has 0 saturated heterocycles. The number of nitrogens with zero attached hydrogens (tertiary/aromatic N) is 4. The van der Waals surface area contributed by atoms with Crippen molar-refractivity contribution in [3.63, 3.8) is 0 Å². The first-order valence-electron chi connectivity index (χ1n) is 10.5. The minimum absolute atomic E-state index is 0.00326. The molecular formula is C22H24N6O4S. The van der Waals surface area contributed by atoms with Crippen LogP contribution in [0.4, 0.5) is 11.6 Å². The minimum Gasteiger partial charge on any atom is -0.474 e. The van der Waals surface area contributed by atoms with Crippen molar-refractivity contribution in [1.29, 1.82) is 0 Å². The summed E-state index contributed by atoms with van der Waals surface area (Å²) in [7, 11) is -3.46. The lowest BCUT2D eigenvalue weighted by Crippen LogP contribution is -2.20. The van der Waals surface area contributed by atoms with Gasteiger partial charge in [-0.05, 0) is 44.9 Å². The first-order valence-corrected chi connectivity index (χ1v) is 12.1. The third-order valence-corrected chi connectivity index (χ3v) is 6.50. The summed E-state index contributed by atoms with van der Waals surface area (Å²) in [5, 5.41) is 2.42. The van der Waals surface area contributed by atoms with Gasteiger partial charge >= 0.3 is 0 Å². The van der Waals surface area contributed by atoms with Crippen LogP contribution in [0.5, 0.6) is 5.88 Å². The second kappa shape index (κ2) is 9.49. The molecular weight excluding hydrogens is 444 g/mol. The second-order valence-electron chi connectivity index (χ2n) is 7.93. The van der Waals surface area contributed by atoms with Crippen LogP contribution in [-0.4, -0.2) is 45.6 Å². The first kappa shape index (κ1) is 22.6. The summed E-state index contributed by atoms with van der Waals surface area (Å²) in [6, 6.07) is 8.76. The van der Waals surface area contributed by atoms with Gasteiger partial charge in [0.1, 0.15) is 0 Å². The lowest BCUT2D eigenvalue weighted by atomic mass is 10.1. The summed E-state index contributed by atoms with van der Waals surface area (Å²) in [5.74, 6) is 0.134. The number of sulfonamides is 1. The number of carbonyl (C=O) groups excluding carboxylic acids is 1. The average Bonchev–Trinajstić information content (AvgIpc) is 3.60. The number of aromatic nitrogens is 4. The fourth-order valence-corrected chi connectivity index (χ4v) is 4.29. The number of hydrogen-bond acceptors (Lipinski definition) is 8. The van der Waals surface area contributed by atoms with Crippen LogP contribution in [0.25, 0.3) is 11.3 Å². The molecule has 11 heteroatoms. The van der Waals surface area contributed by atoms with Gasteiger partial charge in [0.15, 0.2) is 0 Å². The van der Waals surface area contributed by atoms with Gasteiger partial charge in [-0.3, -0.25) is 14.5 Å². The zero-order valence-electron chi connectivity index (χ0n) is 18.2. The monoisotopic (exact) mass is 468 g/mol. The molecule has 2 heterocycles. The molecule has 0 spiro atoms. The lowest BCUT2D eigenvalue weighted by Gasteiger charge is -2.10. The molecule has 33 heavy (non-hydrogen) atoms. The van der Waals surface area contributed by atoms with E-state index in [0.717, 1.165) is 5.56 Å². The molecule has 2 N–H and O–H groups in total. The van der Waals surface area contributed by atoms with Crippen LogP contribution in [0.2, 0.25) is 0 Å². The highest BCUT2D eigenvalue weighted by Gasteiger charge is 2.36. The molecule has 0 aliphatic heterocycles. The van der Waals surface area contributed by atoms with Gasteiger partial charge in [0, 0.05) is 17.4 Å². The standard InChI is InChI=1S/C22H24N6O4S/c1-14(2)32-21-13-23-12-19(27-21)15-3-5-16(6-4-15)25-20(29)11-17-9-10-24-22(26-17)28-33(30,31)18-7-8-18/h3-6,9-10,12-14,18H,7-8,11H2,1-2H3,(H,25,29)(H,24,26,28). The zero-order chi connectivity index (χ0) is 23.4. The van der Waals surface area contributed by atoms with Crippen LogP contribution in [0.3, 0.4) is 0 Å². The van der Waals surface area contributed by atoms with Crippen molar-refractivity contribution in [2.24, 2.45) is 0 Å². The summed E-state index contributed by atoms with van der Waals surface area (Å²) in [6.45, 7) is 3.83. The molecule has 3 aromatic rings. The Morgan fingerprint density at radius 1 is 1.12 bits per heavy atom. The van der Waals surface area contributed by atoms with Crippen molar-refractivity contribution in [2.75, 3.05) is 10.0 Å². The summed E-state index contributed by atoms with van der Waals surface area (Å²) in [6.07, 6.45) is 5.88. The third-order valence-electron chi connectivity index (χ3n) is 4.68. The van der Waals surface area contributed by atoms with E-state index in [1.807, 2.05) is 26.0 Å². The van der Waals surface area contributed by atoms with Crippen LogP contribution in [0.15, 0.2) is 48.9 Å². The van der Waals surface area contributed by atoms with E-state index in [9.17, 15) is 13.2 Å². The molecule has 1 saturated carbocycles. The number of ether oxygens (including phenoxy) is 1. The lowest BCUT2D eigenvalue weighted by molar-refractivity contribution is -0.115. The molecule has 0 bridgehead atoms. The Labute approximate surface area is 191 Å². The van der Waals surface area contributed by atoms with Crippen molar-refractivity contribution in [2.45, 2.75) is 44.5 Å². The van der Waals surface area contributed by atoms with Gasteiger partial charge in [-0.15, -0.1) is 0 Å². The Balaban J connectivity index is 1.37. The van der Waals surface area contributed by atoms with Crippen LogP contribution in [-0.2, 0) is 21.2 Å². The van der Waals surface area contributed by atoms with E-state index in [1.54, 1.807) is 30.6 Å². The summed E-state index contributed by atoms with van der Waals surface area (Å²) in [4.78, 5) is 29.1. The first-order chi connectivity index (χ1) is 15.8. The molecule has 1 aliphatic carbocycles. The molecule has 1 fully saturated rings. The quantitative estimate of drug-likeness (QED) is 0.489. The Hall–Kier alpha value is -3.60. The van der Waals surface area contributed by atoms with Crippen LogP contribution < -0.4 is 14.8 Å². The number of carbonyl (C=O) groups is 1. The molecule has 0 radical (unpaired) electrons. The van der Waals surface area contributed by atoms with E-state index in [4.69, 9.17) is 4.74 Å². The zero-order valence-corrected chi connectivity index (χ0v) is 19.0.